The van der Waals surface area contributed by atoms with E-state index < -0.39 is 0 Å². The zero-order valence-electron chi connectivity index (χ0n) is 20.8. The van der Waals surface area contributed by atoms with E-state index in [2.05, 4.69) is 33.2 Å². The van der Waals surface area contributed by atoms with Gasteiger partial charge in [0.05, 0.1) is 14.9 Å². The highest BCUT2D eigenvalue weighted by atomic mass is 35.5. The predicted octanol–water partition coefficient (Wildman–Crippen LogP) is 6.75. The van der Waals surface area contributed by atoms with Gasteiger partial charge in [-0.05, 0) is 56.7 Å². The van der Waals surface area contributed by atoms with Crippen molar-refractivity contribution in [3.05, 3.63) is 50.7 Å². The van der Waals surface area contributed by atoms with Gasteiger partial charge in [-0.25, -0.2) is 0 Å². The van der Waals surface area contributed by atoms with E-state index >= 15 is 0 Å². The lowest BCUT2D eigenvalue weighted by atomic mass is 9.97. The van der Waals surface area contributed by atoms with Crippen molar-refractivity contribution in [2.45, 2.75) is 70.3 Å². The molecule has 1 aromatic carbocycles. The summed E-state index contributed by atoms with van der Waals surface area (Å²) in [6.07, 6.45) is 10.2. The van der Waals surface area contributed by atoms with E-state index in [-0.39, 0.29) is 11.9 Å². The molecule has 0 bridgehead atoms. The number of carbonyl (C=O) groups is 1. The molecule has 1 atom stereocenters. The zero-order valence-corrected chi connectivity index (χ0v) is 22.4. The van der Waals surface area contributed by atoms with E-state index in [9.17, 15) is 4.79 Å². The summed E-state index contributed by atoms with van der Waals surface area (Å²) in [5.41, 5.74) is 4.20. The molecule has 0 aliphatic carbocycles. The highest BCUT2D eigenvalue weighted by Crippen LogP contribution is 2.31. The molecule has 0 saturated carbocycles. The fourth-order valence-electron chi connectivity index (χ4n) is 5.42. The number of benzene rings is 1. The van der Waals surface area contributed by atoms with Crippen molar-refractivity contribution >= 4 is 46.0 Å². The molecule has 0 spiro atoms. The molecule has 2 fully saturated rings. The van der Waals surface area contributed by atoms with Crippen molar-refractivity contribution in [1.29, 1.82) is 5.41 Å². The number of oxime groups is 1. The number of Topliss-reactive ketones (excluding diaryl/α,β-unsaturated/α-hetero) is 1. The molecule has 192 valence electrons. The molecule has 2 aromatic rings. The fourth-order valence-corrected chi connectivity index (χ4v) is 6.43. The van der Waals surface area contributed by atoms with Crippen LogP contribution in [-0.4, -0.2) is 54.5 Å². The Morgan fingerprint density at radius 2 is 1.75 bits per heavy atom. The Morgan fingerprint density at radius 1 is 1.03 bits per heavy atom. The summed E-state index contributed by atoms with van der Waals surface area (Å²) in [5, 5.41) is 13.4. The Kier molecular flexibility index (Phi) is 8.27. The first-order chi connectivity index (χ1) is 17.6. The van der Waals surface area contributed by atoms with E-state index in [0.29, 0.717) is 34.3 Å². The van der Waals surface area contributed by atoms with Crippen molar-refractivity contribution < 1.29 is 9.63 Å². The maximum atomic E-state index is 12.5. The third-order valence-corrected chi connectivity index (χ3v) is 8.75. The molecule has 3 aliphatic rings. The third kappa shape index (κ3) is 5.94. The predicted molar refractivity (Wildman–Crippen MR) is 148 cm³/mol. The van der Waals surface area contributed by atoms with E-state index in [4.69, 9.17) is 21.8 Å². The lowest BCUT2D eigenvalue weighted by molar-refractivity contribution is 0.0720. The van der Waals surface area contributed by atoms with Gasteiger partial charge in [0.15, 0.2) is 5.78 Å². The van der Waals surface area contributed by atoms with Gasteiger partial charge < -0.3 is 14.6 Å². The van der Waals surface area contributed by atoms with Crippen LogP contribution in [0.15, 0.2) is 35.5 Å². The minimum atomic E-state index is -0.0947. The van der Waals surface area contributed by atoms with Crippen LogP contribution < -0.4 is 4.90 Å². The fraction of sp³-hybridized carbons (Fsp3) is 0.536. The van der Waals surface area contributed by atoms with Crippen LogP contribution in [0.1, 0.15) is 85.0 Å². The molecule has 1 aromatic heterocycles. The highest BCUT2D eigenvalue weighted by molar-refractivity contribution is 7.18. The second-order valence-electron chi connectivity index (χ2n) is 10.1. The average Bonchev–Trinajstić information content (AvgIpc) is 3.48. The quantitative estimate of drug-likeness (QED) is 0.246. The van der Waals surface area contributed by atoms with E-state index in [1.807, 2.05) is 0 Å². The zero-order chi connectivity index (χ0) is 24.9. The first-order valence-electron chi connectivity index (χ1n) is 13.3. The Morgan fingerprint density at radius 3 is 2.47 bits per heavy atom. The summed E-state index contributed by atoms with van der Waals surface area (Å²) in [6.45, 7) is 4.00. The number of piperidine rings is 1. The number of likely N-dealkylation sites (tertiary alicyclic amines) is 1. The van der Waals surface area contributed by atoms with Crippen LogP contribution in [-0.2, 0) is 4.84 Å². The van der Waals surface area contributed by atoms with Crippen molar-refractivity contribution in [2.75, 3.05) is 31.1 Å². The summed E-state index contributed by atoms with van der Waals surface area (Å²) in [6, 6.07) is 9.98. The second-order valence-corrected chi connectivity index (χ2v) is 11.8. The largest absolute Gasteiger partial charge is 0.392 e. The molecular weight excluding hydrogens is 492 g/mol. The number of nitrogens with one attached hydrogen (secondary N) is 1. The minimum Gasteiger partial charge on any atom is -0.392 e. The number of carbonyl (C=O) groups excluding carboxylic acids is 1. The average molecular weight is 527 g/mol. The summed E-state index contributed by atoms with van der Waals surface area (Å²) >= 11 is 7.31. The van der Waals surface area contributed by atoms with Crippen molar-refractivity contribution in [1.82, 2.24) is 4.90 Å². The summed E-state index contributed by atoms with van der Waals surface area (Å²) in [5.74, 6) is 0.738. The van der Waals surface area contributed by atoms with Gasteiger partial charge >= 0.3 is 0 Å². The van der Waals surface area contributed by atoms with E-state index in [0.717, 1.165) is 55.9 Å². The number of rotatable bonds is 7. The Labute approximate surface area is 222 Å². The topological polar surface area (TPSA) is 69.0 Å². The molecule has 3 aliphatic heterocycles. The van der Waals surface area contributed by atoms with Crippen LogP contribution >= 0.6 is 22.9 Å². The van der Waals surface area contributed by atoms with Crippen LogP contribution in [0.4, 0.5) is 5.69 Å². The van der Waals surface area contributed by atoms with Gasteiger partial charge in [0.2, 0.25) is 0 Å². The lowest BCUT2D eigenvalue weighted by Crippen LogP contribution is -2.36. The molecule has 0 amide bonds. The van der Waals surface area contributed by atoms with Crippen molar-refractivity contribution in [2.24, 2.45) is 5.16 Å². The minimum absolute atomic E-state index is 0.0947. The highest BCUT2D eigenvalue weighted by Gasteiger charge is 2.27. The molecule has 2 saturated heterocycles. The second kappa shape index (κ2) is 11.8. The number of nitrogens with zero attached hydrogens (tertiary/aromatic N) is 3. The third-order valence-electron chi connectivity index (χ3n) is 7.48. The Bertz CT molecular complexity index is 1120. The number of ketones is 1. The summed E-state index contributed by atoms with van der Waals surface area (Å²) in [7, 11) is 0. The number of halogens is 1. The van der Waals surface area contributed by atoms with Crippen LogP contribution in [0.5, 0.6) is 0 Å². The number of anilines is 1. The first-order valence-corrected chi connectivity index (χ1v) is 14.5. The molecular formula is C28H35ClN4O2S. The van der Waals surface area contributed by atoms with Crippen LogP contribution in [0.25, 0.3) is 0 Å². The SMILES string of the molecule is N=C(c1ccc(C2=NOC(CCC(=O)c3ccc(Cl)s3)C2)c(N2CCCCCC2)c1)N1CCCCC1. The molecule has 1 N–H and O–H groups in total. The maximum Gasteiger partial charge on any atom is 0.172 e. The molecule has 5 rings (SSSR count). The van der Waals surface area contributed by atoms with Crippen LogP contribution in [0, 0.1) is 5.41 Å². The van der Waals surface area contributed by atoms with Gasteiger partial charge in [-0.1, -0.05) is 41.7 Å². The molecule has 1 unspecified atom stereocenters. The Balaban J connectivity index is 1.31. The van der Waals surface area contributed by atoms with Gasteiger partial charge in [-0.3, -0.25) is 10.2 Å². The number of amidine groups is 1. The standard InChI is InChI=1S/C28H35ClN4O2S/c29-27-13-12-26(36-27)25(34)11-9-21-19-23(31-35-21)22-10-8-20(28(30)33-16-6-3-7-17-33)18-24(22)32-14-4-1-2-5-15-32/h8,10,12-13,18,21,30H,1-7,9,11,14-17,19H2. The number of hydrogen-bond donors (Lipinski definition) is 1. The maximum absolute atomic E-state index is 12.5. The molecule has 4 heterocycles. The molecule has 36 heavy (non-hydrogen) atoms. The van der Waals surface area contributed by atoms with E-state index in [1.165, 1.54) is 49.1 Å². The summed E-state index contributed by atoms with van der Waals surface area (Å²) in [4.78, 5) is 23.7. The normalized spacial score (nSPS) is 20.6. The number of thiophene rings is 1. The summed E-state index contributed by atoms with van der Waals surface area (Å²) < 4.78 is 0.638. The van der Waals surface area contributed by atoms with Gasteiger partial charge in [-0.2, -0.15) is 0 Å². The smallest absolute Gasteiger partial charge is 0.172 e. The van der Waals surface area contributed by atoms with Crippen LogP contribution in [0.3, 0.4) is 0 Å². The number of hydrogen-bond acceptors (Lipinski definition) is 6. The Hall–Kier alpha value is -2.38. The van der Waals surface area contributed by atoms with Crippen molar-refractivity contribution in [3.8, 4) is 0 Å². The first kappa shape index (κ1) is 25.3. The van der Waals surface area contributed by atoms with Crippen molar-refractivity contribution in [3.63, 3.8) is 0 Å². The van der Waals surface area contributed by atoms with Gasteiger partial charge in [0, 0.05) is 55.8 Å². The lowest BCUT2D eigenvalue weighted by Gasteiger charge is -2.30. The molecule has 0 radical (unpaired) electrons. The van der Waals surface area contributed by atoms with Gasteiger partial charge in [0.1, 0.15) is 11.9 Å². The monoisotopic (exact) mass is 526 g/mol. The molecule has 8 heteroatoms. The van der Waals surface area contributed by atoms with E-state index in [1.54, 1.807) is 12.1 Å². The van der Waals surface area contributed by atoms with Gasteiger partial charge in [-0.15, -0.1) is 11.3 Å². The molecule has 6 nitrogen and oxygen atoms in total. The van der Waals surface area contributed by atoms with Gasteiger partial charge in [0.25, 0.3) is 0 Å². The van der Waals surface area contributed by atoms with Crippen LogP contribution in [0.2, 0.25) is 4.34 Å².